The van der Waals surface area contributed by atoms with Gasteiger partial charge in [0.1, 0.15) is 0 Å². The highest BCUT2D eigenvalue weighted by Gasteiger charge is 2.41. The zero-order valence-electron chi connectivity index (χ0n) is 19.5. The SMILES string of the molecule is CCCCCCCCCCC1=COC(CCCCCCCCCC)(C(=O)O)CC1. The standard InChI is InChI=1S/C26H48O3/c1-3-5-7-9-11-13-15-17-19-24-20-22-26(25(27)28,29-23-24)21-18-16-14-12-10-8-6-4-2/h23H,3-22H2,1-2H3,(H,27,28). The third-order valence-electron chi connectivity index (χ3n) is 6.48. The van der Waals surface area contributed by atoms with Crippen LogP contribution in [-0.4, -0.2) is 16.7 Å². The first-order valence-electron chi connectivity index (χ1n) is 12.7. The van der Waals surface area contributed by atoms with Gasteiger partial charge in [-0.1, -0.05) is 104 Å². The van der Waals surface area contributed by atoms with Gasteiger partial charge in [0.2, 0.25) is 5.60 Å². The smallest absolute Gasteiger partial charge is 0.348 e. The number of rotatable bonds is 19. The Hall–Kier alpha value is -0.990. The van der Waals surface area contributed by atoms with Crippen molar-refractivity contribution in [3.8, 4) is 0 Å². The lowest BCUT2D eigenvalue weighted by atomic mass is 9.86. The number of hydrogen-bond acceptors (Lipinski definition) is 2. The summed E-state index contributed by atoms with van der Waals surface area (Å²) in [7, 11) is 0. The van der Waals surface area contributed by atoms with Crippen LogP contribution < -0.4 is 0 Å². The highest BCUT2D eigenvalue weighted by atomic mass is 16.5. The molecule has 0 amide bonds. The highest BCUT2D eigenvalue weighted by Crippen LogP contribution is 2.34. The minimum Gasteiger partial charge on any atom is -0.483 e. The van der Waals surface area contributed by atoms with Gasteiger partial charge in [-0.3, -0.25) is 0 Å². The summed E-state index contributed by atoms with van der Waals surface area (Å²) >= 11 is 0. The molecule has 0 aromatic rings. The Kier molecular flexibility index (Phi) is 15.1. The second-order valence-corrected chi connectivity index (χ2v) is 9.14. The fourth-order valence-electron chi connectivity index (χ4n) is 4.34. The third kappa shape index (κ3) is 11.7. The molecule has 170 valence electrons. The lowest BCUT2D eigenvalue weighted by molar-refractivity contribution is -0.162. The molecule has 0 radical (unpaired) electrons. The van der Waals surface area contributed by atoms with Crippen LogP contribution in [-0.2, 0) is 9.53 Å². The molecule has 1 aliphatic heterocycles. The number of allylic oxidation sites excluding steroid dienone is 1. The number of carbonyl (C=O) groups is 1. The van der Waals surface area contributed by atoms with Crippen molar-refractivity contribution in [2.24, 2.45) is 0 Å². The summed E-state index contributed by atoms with van der Waals surface area (Å²) in [6.07, 6.45) is 25.5. The van der Waals surface area contributed by atoms with Gasteiger partial charge in [0, 0.05) is 6.42 Å². The first kappa shape index (κ1) is 26.0. The molecule has 1 heterocycles. The van der Waals surface area contributed by atoms with Gasteiger partial charge in [-0.2, -0.15) is 0 Å². The average Bonchev–Trinajstić information content (AvgIpc) is 2.73. The zero-order valence-corrected chi connectivity index (χ0v) is 19.5. The van der Waals surface area contributed by atoms with Crippen LogP contribution in [0.25, 0.3) is 0 Å². The molecule has 0 bridgehead atoms. The molecule has 0 spiro atoms. The minimum atomic E-state index is -0.967. The van der Waals surface area contributed by atoms with Gasteiger partial charge in [0.25, 0.3) is 0 Å². The molecule has 0 aliphatic carbocycles. The number of ether oxygens (including phenoxy) is 1. The number of carboxylic acids is 1. The number of aliphatic carboxylic acids is 1. The maximum atomic E-state index is 11.9. The molecule has 0 fully saturated rings. The molecule has 0 saturated heterocycles. The molecule has 1 rings (SSSR count). The van der Waals surface area contributed by atoms with Crippen LogP contribution in [0.4, 0.5) is 0 Å². The van der Waals surface area contributed by atoms with E-state index in [0.717, 1.165) is 25.7 Å². The maximum Gasteiger partial charge on any atom is 0.348 e. The Morgan fingerprint density at radius 2 is 1.31 bits per heavy atom. The summed E-state index contributed by atoms with van der Waals surface area (Å²) in [6.45, 7) is 4.50. The van der Waals surface area contributed by atoms with Crippen molar-refractivity contribution >= 4 is 5.97 Å². The van der Waals surface area contributed by atoms with Crippen LogP contribution in [0.3, 0.4) is 0 Å². The second kappa shape index (κ2) is 16.8. The van der Waals surface area contributed by atoms with Gasteiger partial charge >= 0.3 is 5.97 Å². The molecular weight excluding hydrogens is 360 g/mol. The summed E-state index contributed by atoms with van der Waals surface area (Å²) in [4.78, 5) is 11.9. The maximum absolute atomic E-state index is 11.9. The van der Waals surface area contributed by atoms with E-state index >= 15 is 0 Å². The largest absolute Gasteiger partial charge is 0.483 e. The Bertz CT molecular complexity index is 443. The second-order valence-electron chi connectivity index (χ2n) is 9.14. The van der Waals surface area contributed by atoms with Gasteiger partial charge in [0.15, 0.2) is 0 Å². The molecule has 29 heavy (non-hydrogen) atoms. The summed E-state index contributed by atoms with van der Waals surface area (Å²) in [5, 5.41) is 9.76. The molecular formula is C26H48O3. The first-order chi connectivity index (χ1) is 14.1. The van der Waals surface area contributed by atoms with Crippen LogP contribution in [0, 0.1) is 0 Å². The van der Waals surface area contributed by atoms with Crippen LogP contribution in [0.2, 0.25) is 0 Å². The van der Waals surface area contributed by atoms with Crippen molar-refractivity contribution in [2.45, 2.75) is 148 Å². The molecule has 1 atom stereocenters. The van der Waals surface area contributed by atoms with Gasteiger partial charge in [-0.15, -0.1) is 0 Å². The van der Waals surface area contributed by atoms with Crippen molar-refractivity contribution in [1.29, 1.82) is 0 Å². The first-order valence-corrected chi connectivity index (χ1v) is 12.7. The van der Waals surface area contributed by atoms with Crippen LogP contribution in [0.1, 0.15) is 142 Å². The summed E-state index contributed by atoms with van der Waals surface area (Å²) < 4.78 is 5.86. The van der Waals surface area contributed by atoms with E-state index in [0.29, 0.717) is 12.8 Å². The van der Waals surface area contributed by atoms with Crippen molar-refractivity contribution in [1.82, 2.24) is 0 Å². The van der Waals surface area contributed by atoms with Gasteiger partial charge < -0.3 is 9.84 Å². The molecule has 0 saturated carbocycles. The van der Waals surface area contributed by atoms with Crippen LogP contribution in [0.5, 0.6) is 0 Å². The lowest BCUT2D eigenvalue weighted by Gasteiger charge is -2.33. The Morgan fingerprint density at radius 1 is 0.828 bits per heavy atom. The van der Waals surface area contributed by atoms with Gasteiger partial charge in [-0.05, 0) is 37.7 Å². The van der Waals surface area contributed by atoms with E-state index in [-0.39, 0.29) is 0 Å². The lowest BCUT2D eigenvalue weighted by Crippen LogP contribution is -2.42. The van der Waals surface area contributed by atoms with Crippen LogP contribution in [0.15, 0.2) is 11.8 Å². The van der Waals surface area contributed by atoms with E-state index in [4.69, 9.17) is 4.74 Å². The van der Waals surface area contributed by atoms with E-state index in [1.54, 1.807) is 6.26 Å². The Balaban J connectivity index is 2.18. The van der Waals surface area contributed by atoms with Crippen LogP contribution >= 0.6 is 0 Å². The Morgan fingerprint density at radius 3 is 1.76 bits per heavy atom. The summed E-state index contributed by atoms with van der Waals surface area (Å²) in [5.74, 6) is -0.775. The van der Waals surface area contributed by atoms with Crippen molar-refractivity contribution in [3.63, 3.8) is 0 Å². The highest BCUT2D eigenvalue weighted by molar-refractivity contribution is 5.77. The molecule has 0 aromatic carbocycles. The average molecular weight is 409 g/mol. The van der Waals surface area contributed by atoms with E-state index in [1.165, 1.54) is 95.5 Å². The minimum absolute atomic E-state index is 0.641. The van der Waals surface area contributed by atoms with E-state index < -0.39 is 11.6 Å². The summed E-state index contributed by atoms with van der Waals surface area (Å²) in [5.41, 5.74) is 0.342. The zero-order chi connectivity index (χ0) is 21.2. The number of unbranched alkanes of at least 4 members (excludes halogenated alkanes) is 14. The Labute approximate surface area is 180 Å². The van der Waals surface area contributed by atoms with Gasteiger partial charge in [0.05, 0.1) is 6.26 Å². The third-order valence-corrected chi connectivity index (χ3v) is 6.48. The summed E-state index contributed by atoms with van der Waals surface area (Å²) in [6, 6.07) is 0. The topological polar surface area (TPSA) is 46.5 Å². The van der Waals surface area contributed by atoms with Gasteiger partial charge in [-0.25, -0.2) is 4.79 Å². The molecule has 1 aliphatic rings. The van der Waals surface area contributed by atoms with Crippen molar-refractivity contribution in [2.75, 3.05) is 0 Å². The number of hydrogen-bond donors (Lipinski definition) is 1. The molecule has 1 N–H and O–H groups in total. The quantitative estimate of drug-likeness (QED) is 0.218. The normalized spacial score (nSPS) is 19.0. The van der Waals surface area contributed by atoms with E-state index in [9.17, 15) is 9.90 Å². The monoisotopic (exact) mass is 408 g/mol. The number of carboxylic acid groups (broad SMARTS) is 1. The predicted molar refractivity (Wildman–Crippen MR) is 123 cm³/mol. The fraction of sp³-hybridized carbons (Fsp3) is 0.885. The predicted octanol–water partition coefficient (Wildman–Crippen LogP) is 8.57. The molecule has 1 unspecified atom stereocenters. The van der Waals surface area contributed by atoms with E-state index in [1.807, 2.05) is 0 Å². The molecule has 3 nitrogen and oxygen atoms in total. The van der Waals surface area contributed by atoms with Crippen molar-refractivity contribution in [3.05, 3.63) is 11.8 Å². The van der Waals surface area contributed by atoms with Crippen molar-refractivity contribution < 1.29 is 14.6 Å². The molecule has 0 aromatic heterocycles. The fourth-order valence-corrected chi connectivity index (χ4v) is 4.34. The van der Waals surface area contributed by atoms with E-state index in [2.05, 4.69) is 13.8 Å². The molecule has 3 heteroatoms.